The molecule has 1 heterocycles. The van der Waals surface area contributed by atoms with Crippen molar-refractivity contribution in [1.29, 1.82) is 0 Å². The summed E-state index contributed by atoms with van der Waals surface area (Å²) >= 11 is 10.1. The Kier molecular flexibility index (Phi) is 2.97. The van der Waals surface area contributed by atoms with Gasteiger partial charge in [0, 0.05) is 9.77 Å². The molecule has 0 radical (unpaired) electrons. The van der Waals surface area contributed by atoms with Crippen LogP contribution in [0.5, 0.6) is 0 Å². The molecule has 0 saturated heterocycles. The van der Waals surface area contributed by atoms with Gasteiger partial charge in [-0.25, -0.2) is 4.98 Å². The van der Waals surface area contributed by atoms with Crippen LogP contribution in [0.4, 0.5) is 0 Å². The predicted molar refractivity (Wildman–Crippen MR) is 54.7 cm³/mol. The Morgan fingerprint density at radius 2 is 2.11 bits per heavy atom. The van der Waals surface area contributed by atoms with E-state index < -0.39 is 0 Å². The van der Waals surface area contributed by atoms with Crippen molar-refractivity contribution in [2.24, 2.45) is 0 Å². The minimum atomic E-state index is 0.586. The highest BCUT2D eigenvalue weighted by Crippen LogP contribution is 2.20. The van der Waals surface area contributed by atoms with Gasteiger partial charge in [-0.05, 0) is 51.2 Å². The molecular weight excluding hydrogens is 363 g/mol. The van der Waals surface area contributed by atoms with Crippen LogP contribution >= 0.6 is 56.8 Å². The van der Waals surface area contributed by atoms with Gasteiger partial charge in [-0.2, -0.15) is 0 Å². The van der Waals surface area contributed by atoms with E-state index in [1.807, 2.05) is 6.07 Å². The van der Waals surface area contributed by atoms with E-state index in [9.17, 15) is 0 Å². The molecule has 0 aromatic carbocycles. The van der Waals surface area contributed by atoms with Crippen LogP contribution in [0.2, 0.25) is 5.15 Å². The molecule has 0 aliphatic heterocycles. The Bertz CT molecular complexity index is 206. The molecule has 1 aromatic rings. The van der Waals surface area contributed by atoms with Gasteiger partial charge in [0.05, 0.1) is 3.57 Å². The van der Waals surface area contributed by atoms with E-state index in [-0.39, 0.29) is 0 Å². The van der Waals surface area contributed by atoms with Crippen molar-refractivity contribution >= 4 is 56.8 Å². The van der Waals surface area contributed by atoms with Crippen LogP contribution in [0.25, 0.3) is 0 Å². The Hall–Kier alpha value is 0.900. The van der Waals surface area contributed by atoms with Crippen LogP contribution in [0.1, 0.15) is 0 Å². The smallest absolute Gasteiger partial charge is 0.143 e. The van der Waals surface area contributed by atoms with Crippen molar-refractivity contribution in [2.75, 3.05) is 0 Å². The average Bonchev–Trinajstić information content (AvgIpc) is 1.83. The van der Waals surface area contributed by atoms with Gasteiger partial charge < -0.3 is 0 Å². The van der Waals surface area contributed by atoms with E-state index in [1.165, 1.54) is 0 Å². The van der Waals surface area contributed by atoms with Gasteiger partial charge in [0.1, 0.15) is 5.15 Å². The Labute approximate surface area is 85.5 Å². The molecule has 0 unspecified atom stereocenters. The molecule has 48 valence electrons. The predicted octanol–water partition coefficient (Wildman–Crippen LogP) is 2.94. The summed E-state index contributed by atoms with van der Waals surface area (Å²) in [6, 6.07) is 1.92. The lowest BCUT2D eigenvalue weighted by Gasteiger charge is -1.94. The molecule has 0 N–H and O–H groups in total. The highest BCUT2D eigenvalue weighted by atomic mass is 127. The molecule has 0 aliphatic carbocycles. The molecule has 1 rings (SSSR count). The third kappa shape index (κ3) is 1.91. The molecule has 0 spiro atoms. The van der Waals surface area contributed by atoms with Crippen molar-refractivity contribution in [2.45, 2.75) is 0 Å². The van der Waals surface area contributed by atoms with Crippen molar-refractivity contribution in [3.05, 3.63) is 24.6 Å². The fraction of sp³-hybridized carbons (Fsp3) is 0. The largest absolute Gasteiger partial charge is 0.243 e. The maximum Gasteiger partial charge on any atom is 0.143 e. The van der Waals surface area contributed by atoms with Crippen molar-refractivity contribution < 1.29 is 0 Å². The van der Waals surface area contributed by atoms with Gasteiger partial charge in [0.2, 0.25) is 0 Å². The summed E-state index contributed by atoms with van der Waals surface area (Å²) < 4.78 is 2.17. The van der Waals surface area contributed by atoms with Gasteiger partial charge in [0.25, 0.3) is 0 Å². The van der Waals surface area contributed by atoms with Crippen LogP contribution in [-0.2, 0) is 0 Å². The van der Waals surface area contributed by atoms with E-state index in [0.29, 0.717) is 5.15 Å². The van der Waals surface area contributed by atoms with Crippen molar-refractivity contribution in [3.8, 4) is 0 Å². The van der Waals surface area contributed by atoms with Gasteiger partial charge in [-0.15, -0.1) is 0 Å². The zero-order chi connectivity index (χ0) is 6.85. The number of rotatable bonds is 0. The first-order valence-corrected chi connectivity index (χ1v) is 4.71. The maximum absolute atomic E-state index is 5.69. The number of hydrogen-bond donors (Lipinski definition) is 0. The van der Waals surface area contributed by atoms with E-state index >= 15 is 0 Å². The van der Waals surface area contributed by atoms with Crippen LogP contribution in [0.15, 0.2) is 12.3 Å². The van der Waals surface area contributed by atoms with Gasteiger partial charge in [-0.3, -0.25) is 0 Å². The normalized spacial score (nSPS) is 9.67. The minimum absolute atomic E-state index is 0.586. The highest BCUT2D eigenvalue weighted by molar-refractivity contribution is 14.1. The topological polar surface area (TPSA) is 12.9 Å². The second kappa shape index (κ2) is 3.34. The quantitative estimate of drug-likeness (QED) is 0.509. The Morgan fingerprint density at radius 1 is 1.44 bits per heavy atom. The summed E-state index contributed by atoms with van der Waals surface area (Å²) in [5, 5.41) is 0.586. The standard InChI is InChI=1S/C5H2ClI2N/c6-5-4(8)3(7)1-2-9-5/h1-2H. The van der Waals surface area contributed by atoms with Gasteiger partial charge in [0.15, 0.2) is 0 Å². The highest BCUT2D eigenvalue weighted by Gasteiger charge is 1.99. The zero-order valence-corrected chi connectivity index (χ0v) is 9.31. The first kappa shape index (κ1) is 8.00. The molecule has 1 nitrogen and oxygen atoms in total. The number of hydrogen-bond acceptors (Lipinski definition) is 1. The molecule has 0 fully saturated rings. The lowest BCUT2D eigenvalue weighted by Crippen LogP contribution is -1.82. The summed E-state index contributed by atoms with van der Waals surface area (Å²) in [6.45, 7) is 0. The minimum Gasteiger partial charge on any atom is -0.243 e. The Morgan fingerprint density at radius 3 is 2.56 bits per heavy atom. The summed E-state index contributed by atoms with van der Waals surface area (Å²) in [6.07, 6.45) is 1.70. The van der Waals surface area contributed by atoms with Gasteiger partial charge in [-0.1, -0.05) is 11.6 Å². The maximum atomic E-state index is 5.69. The van der Waals surface area contributed by atoms with Crippen LogP contribution in [0.3, 0.4) is 0 Å². The molecule has 0 atom stereocenters. The molecule has 0 amide bonds. The summed E-state index contributed by atoms with van der Waals surface area (Å²) in [4.78, 5) is 3.89. The van der Waals surface area contributed by atoms with Crippen LogP contribution in [0, 0.1) is 7.14 Å². The third-order valence-electron chi connectivity index (χ3n) is 0.800. The Balaban J connectivity index is 3.25. The summed E-state index contributed by atoms with van der Waals surface area (Å²) in [5.41, 5.74) is 0. The molecule has 4 heteroatoms. The average molecular weight is 365 g/mol. The molecule has 0 aliphatic rings. The summed E-state index contributed by atoms with van der Waals surface area (Å²) in [7, 11) is 0. The molecule has 9 heavy (non-hydrogen) atoms. The molecule has 0 bridgehead atoms. The number of nitrogens with zero attached hydrogens (tertiary/aromatic N) is 1. The lowest BCUT2D eigenvalue weighted by atomic mass is 10.5. The number of pyridine rings is 1. The fourth-order valence-corrected chi connectivity index (χ4v) is 1.45. The first-order chi connectivity index (χ1) is 4.22. The second-order valence-corrected chi connectivity index (χ2v) is 4.00. The van der Waals surface area contributed by atoms with Crippen LogP contribution in [-0.4, -0.2) is 4.98 Å². The number of aromatic nitrogens is 1. The van der Waals surface area contributed by atoms with Crippen LogP contribution < -0.4 is 0 Å². The van der Waals surface area contributed by atoms with E-state index in [0.717, 1.165) is 7.14 Å². The van der Waals surface area contributed by atoms with Crippen molar-refractivity contribution in [1.82, 2.24) is 4.98 Å². The first-order valence-electron chi connectivity index (χ1n) is 2.17. The second-order valence-electron chi connectivity index (χ2n) is 1.40. The molecular formula is C5H2ClI2N. The monoisotopic (exact) mass is 365 g/mol. The lowest BCUT2D eigenvalue weighted by molar-refractivity contribution is 1.29. The van der Waals surface area contributed by atoms with E-state index in [1.54, 1.807) is 6.20 Å². The fourth-order valence-electron chi connectivity index (χ4n) is 0.397. The third-order valence-corrected chi connectivity index (χ3v) is 4.43. The summed E-state index contributed by atoms with van der Waals surface area (Å²) in [5.74, 6) is 0. The SMILES string of the molecule is Clc1nccc(I)c1I. The number of halogens is 3. The van der Waals surface area contributed by atoms with E-state index in [4.69, 9.17) is 11.6 Å². The molecule has 1 aromatic heterocycles. The zero-order valence-electron chi connectivity index (χ0n) is 4.24. The van der Waals surface area contributed by atoms with Crippen molar-refractivity contribution in [3.63, 3.8) is 0 Å². The molecule has 0 saturated carbocycles. The van der Waals surface area contributed by atoms with E-state index in [2.05, 4.69) is 50.2 Å². The van der Waals surface area contributed by atoms with Gasteiger partial charge >= 0.3 is 0 Å².